The van der Waals surface area contributed by atoms with Gasteiger partial charge in [0.25, 0.3) is 0 Å². The summed E-state index contributed by atoms with van der Waals surface area (Å²) in [7, 11) is 0. The van der Waals surface area contributed by atoms with Crippen LogP contribution in [0.4, 0.5) is 5.95 Å². The molecule has 2 heterocycles. The molecule has 7 heteroatoms. The molecule has 5 nitrogen and oxygen atoms in total. The molecule has 19 heavy (non-hydrogen) atoms. The highest BCUT2D eigenvalue weighted by Gasteiger charge is 2.40. The first-order valence-electron chi connectivity index (χ1n) is 5.76. The van der Waals surface area contributed by atoms with Crippen molar-refractivity contribution in [2.45, 2.75) is 17.5 Å². The summed E-state index contributed by atoms with van der Waals surface area (Å²) in [5.41, 5.74) is 1.07. The molecule has 1 fully saturated rings. The Bertz CT molecular complexity index is 586. The number of thioether (sulfide) groups is 1. The number of amides is 1. The number of aromatic nitrogens is 3. The van der Waals surface area contributed by atoms with Crippen LogP contribution in [0.1, 0.15) is 17.9 Å². The van der Waals surface area contributed by atoms with E-state index in [2.05, 4.69) is 31.1 Å². The van der Waals surface area contributed by atoms with Crippen molar-refractivity contribution in [1.29, 1.82) is 0 Å². The molecule has 0 radical (unpaired) electrons. The van der Waals surface area contributed by atoms with Gasteiger partial charge in [-0.1, -0.05) is 28.1 Å². The molecule has 1 aromatic carbocycles. The van der Waals surface area contributed by atoms with Gasteiger partial charge in [0.2, 0.25) is 11.9 Å². The van der Waals surface area contributed by atoms with E-state index < -0.39 is 0 Å². The summed E-state index contributed by atoms with van der Waals surface area (Å²) in [5.74, 6) is 0.546. The van der Waals surface area contributed by atoms with E-state index in [1.54, 1.807) is 16.7 Å². The second kappa shape index (κ2) is 4.97. The molecular weight excluding hydrogens is 328 g/mol. The van der Waals surface area contributed by atoms with Crippen molar-refractivity contribution in [2.24, 2.45) is 0 Å². The fourth-order valence-electron chi connectivity index (χ4n) is 2.01. The zero-order chi connectivity index (χ0) is 13.4. The topological polar surface area (TPSA) is 61.9 Å². The van der Waals surface area contributed by atoms with Gasteiger partial charge in [-0.2, -0.15) is 10.1 Å². The van der Waals surface area contributed by atoms with Gasteiger partial charge >= 0.3 is 0 Å². The van der Waals surface area contributed by atoms with Crippen molar-refractivity contribution < 1.29 is 4.79 Å². The van der Waals surface area contributed by atoms with Crippen LogP contribution >= 0.6 is 27.7 Å². The van der Waals surface area contributed by atoms with Gasteiger partial charge in [0, 0.05) is 4.47 Å². The quantitative estimate of drug-likeness (QED) is 0.914. The average molecular weight is 339 g/mol. The van der Waals surface area contributed by atoms with Crippen LogP contribution in [-0.4, -0.2) is 26.3 Å². The van der Waals surface area contributed by atoms with Crippen molar-refractivity contribution in [3.63, 3.8) is 0 Å². The Morgan fingerprint density at radius 3 is 2.74 bits per heavy atom. The second-order valence-corrected chi connectivity index (χ2v) is 6.54. The van der Waals surface area contributed by atoms with Crippen LogP contribution in [0.5, 0.6) is 0 Å². The molecule has 3 rings (SSSR count). The summed E-state index contributed by atoms with van der Waals surface area (Å²) in [4.78, 5) is 18.0. The number of nitrogens with one attached hydrogen (secondary N) is 1. The number of H-pyrrole nitrogens is 1. The first kappa shape index (κ1) is 12.7. The van der Waals surface area contributed by atoms with E-state index in [1.165, 1.54) is 6.33 Å². The molecule has 2 atom stereocenters. The molecule has 0 spiro atoms. The van der Waals surface area contributed by atoms with E-state index in [-0.39, 0.29) is 16.5 Å². The number of hydrogen-bond donors (Lipinski definition) is 1. The van der Waals surface area contributed by atoms with E-state index in [0.717, 1.165) is 10.0 Å². The lowest BCUT2D eigenvalue weighted by atomic mass is 10.2. The van der Waals surface area contributed by atoms with Gasteiger partial charge in [-0.3, -0.25) is 9.69 Å². The van der Waals surface area contributed by atoms with E-state index in [4.69, 9.17) is 0 Å². The molecule has 1 saturated heterocycles. The van der Waals surface area contributed by atoms with Crippen LogP contribution < -0.4 is 4.90 Å². The van der Waals surface area contributed by atoms with Crippen LogP contribution in [0.15, 0.2) is 35.1 Å². The molecule has 1 aromatic heterocycles. The summed E-state index contributed by atoms with van der Waals surface area (Å²) < 4.78 is 1.02. The third-order valence-electron chi connectivity index (χ3n) is 2.94. The van der Waals surface area contributed by atoms with Crippen LogP contribution in [0.3, 0.4) is 0 Å². The van der Waals surface area contributed by atoms with Crippen LogP contribution in [0, 0.1) is 0 Å². The average Bonchev–Trinajstić information content (AvgIpc) is 3.00. The number of halogens is 1. The number of nitrogens with zero attached hydrogens (tertiary/aromatic N) is 3. The number of aromatic amines is 1. The van der Waals surface area contributed by atoms with E-state index in [9.17, 15) is 4.79 Å². The zero-order valence-corrected chi connectivity index (χ0v) is 12.5. The van der Waals surface area contributed by atoms with Gasteiger partial charge in [0.05, 0.1) is 5.25 Å². The maximum Gasteiger partial charge on any atom is 0.243 e. The van der Waals surface area contributed by atoms with Gasteiger partial charge < -0.3 is 0 Å². The molecule has 0 bridgehead atoms. The van der Waals surface area contributed by atoms with Crippen molar-refractivity contribution in [2.75, 3.05) is 4.90 Å². The summed E-state index contributed by atoms with van der Waals surface area (Å²) in [6, 6.07) is 7.97. The fraction of sp³-hybridized carbons (Fsp3) is 0.250. The predicted molar refractivity (Wildman–Crippen MR) is 77.8 cm³/mol. The van der Waals surface area contributed by atoms with E-state index >= 15 is 0 Å². The molecule has 1 N–H and O–H groups in total. The first-order valence-corrected chi connectivity index (χ1v) is 7.50. The Hall–Kier alpha value is -1.34. The largest absolute Gasteiger partial charge is 0.273 e. The molecule has 2 aromatic rings. The smallest absolute Gasteiger partial charge is 0.243 e. The number of benzene rings is 1. The summed E-state index contributed by atoms with van der Waals surface area (Å²) in [6.07, 6.45) is 1.41. The molecule has 1 aliphatic rings. The van der Waals surface area contributed by atoms with E-state index in [0.29, 0.717) is 5.95 Å². The Morgan fingerprint density at radius 1 is 1.37 bits per heavy atom. The van der Waals surface area contributed by atoms with Gasteiger partial charge in [-0.05, 0) is 24.6 Å². The third kappa shape index (κ3) is 2.28. The lowest BCUT2D eigenvalue weighted by Crippen LogP contribution is -2.31. The molecule has 0 saturated carbocycles. The molecule has 0 aliphatic carbocycles. The van der Waals surface area contributed by atoms with Gasteiger partial charge in [-0.15, -0.1) is 11.8 Å². The summed E-state index contributed by atoms with van der Waals surface area (Å²) >= 11 is 5.03. The van der Waals surface area contributed by atoms with Crippen molar-refractivity contribution in [3.8, 4) is 0 Å². The van der Waals surface area contributed by atoms with Gasteiger partial charge in [-0.25, -0.2) is 5.10 Å². The lowest BCUT2D eigenvalue weighted by Gasteiger charge is -2.21. The first-order chi connectivity index (χ1) is 9.16. The molecule has 98 valence electrons. The minimum absolute atomic E-state index is 0.0506. The maximum absolute atomic E-state index is 12.3. The molecule has 1 aliphatic heterocycles. The lowest BCUT2D eigenvalue weighted by molar-refractivity contribution is -0.117. The van der Waals surface area contributed by atoms with Crippen LogP contribution in [0.2, 0.25) is 0 Å². The Balaban J connectivity index is 1.99. The van der Waals surface area contributed by atoms with Crippen LogP contribution in [-0.2, 0) is 4.79 Å². The normalized spacial score (nSPS) is 23.1. The number of anilines is 1. The third-order valence-corrected chi connectivity index (χ3v) is 4.82. The minimum atomic E-state index is -0.0845. The standard InChI is InChI=1S/C12H11BrN4OS/c1-7-10(18)17(12-14-6-15-16-12)11(19-7)8-2-4-9(13)5-3-8/h2-7,11H,1H3,(H,14,15,16). The van der Waals surface area contributed by atoms with Crippen LogP contribution in [0.25, 0.3) is 0 Å². The summed E-state index contributed by atoms with van der Waals surface area (Å²) in [5, 5.41) is 6.43. The number of carbonyl (C=O) groups excluding carboxylic acids is 1. The number of hydrogen-bond acceptors (Lipinski definition) is 4. The molecule has 1 amide bonds. The monoisotopic (exact) mass is 338 g/mol. The molecular formula is C12H11BrN4OS. The second-order valence-electron chi connectivity index (χ2n) is 4.20. The van der Waals surface area contributed by atoms with E-state index in [1.807, 2.05) is 31.2 Å². The van der Waals surface area contributed by atoms with Gasteiger partial charge in [0.15, 0.2) is 0 Å². The highest BCUT2D eigenvalue weighted by atomic mass is 79.9. The highest BCUT2D eigenvalue weighted by Crippen LogP contribution is 2.44. The SMILES string of the molecule is CC1SC(c2ccc(Br)cc2)N(c2ncn[nH]2)C1=O. The fourth-order valence-corrected chi connectivity index (χ4v) is 3.53. The van der Waals surface area contributed by atoms with Gasteiger partial charge in [0.1, 0.15) is 11.7 Å². The Kier molecular flexibility index (Phi) is 3.32. The van der Waals surface area contributed by atoms with Crippen molar-refractivity contribution >= 4 is 39.5 Å². The maximum atomic E-state index is 12.3. The highest BCUT2D eigenvalue weighted by molar-refractivity contribution is 9.10. The number of rotatable bonds is 2. The summed E-state index contributed by atoms with van der Waals surface area (Å²) in [6.45, 7) is 1.91. The molecule has 2 unspecified atom stereocenters. The number of carbonyl (C=O) groups is 1. The predicted octanol–water partition coefficient (Wildman–Crippen LogP) is 2.73. The minimum Gasteiger partial charge on any atom is -0.273 e. The van der Waals surface area contributed by atoms with Crippen molar-refractivity contribution in [1.82, 2.24) is 15.2 Å². The van der Waals surface area contributed by atoms with Crippen molar-refractivity contribution in [3.05, 3.63) is 40.6 Å². The Labute approximate surface area is 122 Å². The Morgan fingerprint density at radius 2 is 2.11 bits per heavy atom. The zero-order valence-electron chi connectivity index (χ0n) is 10.1.